The molecule has 0 fully saturated rings. The van der Waals surface area contributed by atoms with Crippen LogP contribution in [-0.4, -0.2) is 28.6 Å². The Kier molecular flexibility index (Phi) is 1.76. The van der Waals surface area contributed by atoms with E-state index in [-0.39, 0.29) is 5.38 Å². The lowest BCUT2D eigenvalue weighted by atomic mass is 11.9. The van der Waals surface area contributed by atoms with E-state index in [2.05, 4.69) is 0 Å². The molecule has 5 heteroatoms. The van der Waals surface area contributed by atoms with Gasteiger partial charge in [0.05, 0.1) is 5.38 Å². The van der Waals surface area contributed by atoms with Crippen LogP contribution in [0, 0.1) is 0 Å². The van der Waals surface area contributed by atoms with E-state index in [0.29, 0.717) is 0 Å². The second-order valence-electron chi connectivity index (χ2n) is 0.786. The minimum absolute atomic E-state index is 0.174. The Morgan fingerprint density at radius 1 is 1.67 bits per heavy atom. The second-order valence-corrected chi connectivity index (χ2v) is 3.58. The molecule has 0 rings (SSSR count). The van der Waals surface area contributed by atoms with Gasteiger partial charge in [-0.25, -0.2) is 0 Å². The average molecular weight is 125 g/mol. The summed E-state index contributed by atoms with van der Waals surface area (Å²) in [7, 11) is -2.45. The van der Waals surface area contributed by atoms with Crippen molar-refractivity contribution in [3.8, 4) is 0 Å². The monoisotopic (exact) mass is 125 g/mol. The summed E-state index contributed by atoms with van der Waals surface area (Å²) in [5.41, 5.74) is 0. The van der Waals surface area contributed by atoms with E-state index in [1.807, 2.05) is 0 Å². The van der Waals surface area contributed by atoms with Gasteiger partial charge in [-0.05, 0) is 0 Å². The molecule has 0 unspecified atom stereocenters. The first kappa shape index (κ1) is 6.13. The Labute approximate surface area is 39.5 Å². The van der Waals surface area contributed by atoms with Crippen molar-refractivity contribution in [2.75, 3.05) is 5.38 Å². The van der Waals surface area contributed by atoms with Crippen LogP contribution in [0.3, 0.4) is 0 Å². The van der Waals surface area contributed by atoms with Gasteiger partial charge in [-0.15, -0.1) is 0 Å². The van der Waals surface area contributed by atoms with Gasteiger partial charge < -0.3 is 0 Å². The van der Waals surface area contributed by atoms with Crippen LogP contribution >= 0.6 is 0 Å². The normalized spacial score (nSPS) is 11.7. The van der Waals surface area contributed by atoms with Crippen molar-refractivity contribution in [3.63, 3.8) is 0 Å². The van der Waals surface area contributed by atoms with E-state index in [4.69, 9.17) is 4.55 Å². The molecule has 0 aromatic carbocycles. The molecule has 0 aromatic heterocycles. The fourth-order valence-electron chi connectivity index (χ4n) is 0. The minimum atomic E-state index is -3.65. The lowest BCUT2D eigenvalue weighted by Gasteiger charge is -1.79. The lowest BCUT2D eigenvalue weighted by Crippen LogP contribution is -2.01. The molecule has 0 aliphatic rings. The van der Waals surface area contributed by atoms with Crippen molar-refractivity contribution in [3.05, 3.63) is 0 Å². The smallest absolute Gasteiger partial charge is 0.261 e. The average Bonchev–Trinajstić information content (AvgIpc) is 1.35. The van der Waals surface area contributed by atoms with Gasteiger partial charge in [-0.2, -0.15) is 8.42 Å². The van der Waals surface area contributed by atoms with Crippen LogP contribution in [0.25, 0.3) is 0 Å². The van der Waals surface area contributed by atoms with Crippen LogP contribution in [0.2, 0.25) is 0 Å². The van der Waals surface area contributed by atoms with Crippen molar-refractivity contribution in [2.45, 2.75) is 0 Å². The molecule has 0 saturated carbocycles. The molecule has 0 amide bonds. The van der Waals surface area contributed by atoms with E-state index in [9.17, 15) is 8.42 Å². The first-order chi connectivity index (χ1) is 2.56. The van der Waals surface area contributed by atoms with E-state index in [0.717, 1.165) is 0 Å². The van der Waals surface area contributed by atoms with Gasteiger partial charge in [0.25, 0.3) is 10.1 Å². The molecule has 1 radical (unpaired) electrons. The van der Waals surface area contributed by atoms with E-state index in [1.165, 1.54) is 10.2 Å². The predicted molar refractivity (Wildman–Crippen MR) is 25.0 cm³/mol. The van der Waals surface area contributed by atoms with Crippen molar-refractivity contribution in [1.29, 1.82) is 0 Å². The third-order valence-electron chi connectivity index (χ3n) is 0.258. The summed E-state index contributed by atoms with van der Waals surface area (Å²) in [6.45, 7) is 0. The quantitative estimate of drug-likeness (QED) is 0.341. The number of hydrogen-bond donors (Lipinski definition) is 1. The minimum Gasteiger partial charge on any atom is -0.286 e. The molecular formula is CH5O3SSi. The maximum Gasteiger partial charge on any atom is 0.261 e. The highest BCUT2D eigenvalue weighted by molar-refractivity contribution is 7.86. The lowest BCUT2D eigenvalue weighted by molar-refractivity contribution is 0.488. The van der Waals surface area contributed by atoms with Crippen LogP contribution in [0.4, 0.5) is 0 Å². The zero-order chi connectivity index (χ0) is 5.21. The topological polar surface area (TPSA) is 54.4 Å². The van der Waals surface area contributed by atoms with Crippen molar-refractivity contribution in [1.82, 2.24) is 0 Å². The van der Waals surface area contributed by atoms with Gasteiger partial charge in [0.2, 0.25) is 0 Å². The molecule has 37 valence electrons. The molecule has 0 aromatic rings. The highest BCUT2D eigenvalue weighted by atomic mass is 32.2. The van der Waals surface area contributed by atoms with Gasteiger partial charge in [-0.3, -0.25) is 4.55 Å². The van der Waals surface area contributed by atoms with Crippen LogP contribution < -0.4 is 0 Å². The standard InChI is InChI=1S/CH5O3SSi/c2-5(3,4)1-6/h1,6H2,(H,2,3,4). The van der Waals surface area contributed by atoms with Crippen LogP contribution in [0.15, 0.2) is 0 Å². The predicted octanol–water partition coefficient (Wildman–Crippen LogP) is -1.54. The zero-order valence-electron chi connectivity index (χ0n) is 3.09. The van der Waals surface area contributed by atoms with Gasteiger partial charge >= 0.3 is 0 Å². The number of rotatable bonds is 1. The molecule has 0 spiro atoms. The van der Waals surface area contributed by atoms with Gasteiger partial charge in [0.15, 0.2) is 0 Å². The Bertz CT molecular complexity index is 113. The molecule has 0 heterocycles. The molecule has 0 atom stereocenters. The summed E-state index contributed by atoms with van der Waals surface area (Å²) in [6.07, 6.45) is 0. The van der Waals surface area contributed by atoms with Crippen molar-refractivity contribution < 1.29 is 13.0 Å². The molecule has 0 bridgehead atoms. The maximum absolute atomic E-state index is 9.56. The molecule has 3 nitrogen and oxygen atoms in total. The Morgan fingerprint density at radius 2 is 1.83 bits per heavy atom. The SMILES string of the molecule is O=S(=O)(O)C[SiH2]. The Balaban J connectivity index is 3.85. The molecule has 6 heavy (non-hydrogen) atoms. The summed E-state index contributed by atoms with van der Waals surface area (Å²) in [6, 6.07) is 0. The number of hydrogen-bond acceptors (Lipinski definition) is 2. The zero-order valence-corrected chi connectivity index (χ0v) is 5.32. The second kappa shape index (κ2) is 1.72. The fourth-order valence-corrected chi connectivity index (χ4v) is 0. The van der Waals surface area contributed by atoms with E-state index in [1.54, 1.807) is 0 Å². The van der Waals surface area contributed by atoms with Crippen LogP contribution in [0.1, 0.15) is 0 Å². The van der Waals surface area contributed by atoms with Crippen LogP contribution in [0.5, 0.6) is 0 Å². The molecule has 0 aliphatic carbocycles. The first-order valence-corrected chi connectivity index (χ1v) is 3.91. The maximum atomic E-state index is 9.56. The molecule has 1 N–H and O–H groups in total. The summed E-state index contributed by atoms with van der Waals surface area (Å²) >= 11 is 0. The highest BCUT2D eigenvalue weighted by Gasteiger charge is 1.93. The van der Waals surface area contributed by atoms with Crippen LogP contribution in [-0.2, 0) is 10.1 Å². The summed E-state index contributed by atoms with van der Waals surface area (Å²) in [5, 5.41) is -0.174. The molecule has 0 saturated heterocycles. The summed E-state index contributed by atoms with van der Waals surface area (Å²) in [4.78, 5) is 0. The van der Waals surface area contributed by atoms with Gasteiger partial charge in [-0.1, -0.05) is 0 Å². The third-order valence-corrected chi connectivity index (χ3v) is 2.32. The van der Waals surface area contributed by atoms with E-state index < -0.39 is 10.1 Å². The van der Waals surface area contributed by atoms with Crippen molar-refractivity contribution in [2.24, 2.45) is 0 Å². The largest absolute Gasteiger partial charge is 0.286 e. The molecular weight excluding hydrogens is 120 g/mol. The van der Waals surface area contributed by atoms with Crippen molar-refractivity contribution >= 4 is 20.4 Å². The fraction of sp³-hybridized carbons (Fsp3) is 1.00. The third kappa shape index (κ3) is 4.13. The summed E-state index contributed by atoms with van der Waals surface area (Å²) < 4.78 is 26.9. The van der Waals surface area contributed by atoms with E-state index >= 15 is 0 Å². The molecule has 0 aliphatic heterocycles. The highest BCUT2D eigenvalue weighted by Crippen LogP contribution is 1.70. The summed E-state index contributed by atoms with van der Waals surface area (Å²) in [5.74, 6) is 0. The van der Waals surface area contributed by atoms with Gasteiger partial charge in [0, 0.05) is 10.2 Å². The Morgan fingerprint density at radius 3 is 1.83 bits per heavy atom. The Hall–Kier alpha value is 0.127. The van der Waals surface area contributed by atoms with Gasteiger partial charge in [0.1, 0.15) is 0 Å². The first-order valence-electron chi connectivity index (χ1n) is 1.30.